The summed E-state index contributed by atoms with van der Waals surface area (Å²) in [5.41, 5.74) is 0.596. The van der Waals surface area contributed by atoms with Gasteiger partial charge in [-0.25, -0.2) is 13.8 Å². The summed E-state index contributed by atoms with van der Waals surface area (Å²) in [5, 5.41) is 2.87. The molecular formula is C20H22F2N4O2. The molecule has 1 aliphatic rings. The van der Waals surface area contributed by atoms with Crippen molar-refractivity contribution in [3.05, 3.63) is 59.7 Å². The number of hydrogen-bond donors (Lipinski definition) is 1. The SMILES string of the molecule is O=C(CCC1CCN(C(=O)c2ncc(F)cc2F)CC1)NCc1cccnc1. The first kappa shape index (κ1) is 19.9. The molecule has 1 fully saturated rings. The molecule has 2 aromatic heterocycles. The van der Waals surface area contributed by atoms with Crippen molar-refractivity contribution < 1.29 is 18.4 Å². The minimum Gasteiger partial charge on any atom is -0.352 e. The number of amides is 2. The van der Waals surface area contributed by atoms with Gasteiger partial charge in [-0.15, -0.1) is 0 Å². The molecule has 2 aromatic rings. The van der Waals surface area contributed by atoms with Gasteiger partial charge in [0.25, 0.3) is 5.91 Å². The molecule has 148 valence electrons. The smallest absolute Gasteiger partial charge is 0.275 e. The summed E-state index contributed by atoms with van der Waals surface area (Å²) < 4.78 is 26.7. The number of aromatic nitrogens is 2. The van der Waals surface area contributed by atoms with Crippen molar-refractivity contribution in [2.75, 3.05) is 13.1 Å². The van der Waals surface area contributed by atoms with E-state index >= 15 is 0 Å². The first-order valence-corrected chi connectivity index (χ1v) is 9.29. The van der Waals surface area contributed by atoms with Crippen LogP contribution >= 0.6 is 0 Å². The summed E-state index contributed by atoms with van der Waals surface area (Å²) in [5.74, 6) is -1.96. The average Bonchev–Trinajstić information content (AvgIpc) is 2.71. The number of nitrogens with one attached hydrogen (secondary N) is 1. The molecule has 0 aliphatic carbocycles. The minimum absolute atomic E-state index is 0.0139. The molecule has 2 amide bonds. The molecular weight excluding hydrogens is 366 g/mol. The Morgan fingerprint density at radius 2 is 2.00 bits per heavy atom. The van der Waals surface area contributed by atoms with Crippen molar-refractivity contribution >= 4 is 11.8 Å². The van der Waals surface area contributed by atoms with Crippen LogP contribution in [0.15, 0.2) is 36.8 Å². The fraction of sp³-hybridized carbons (Fsp3) is 0.400. The van der Waals surface area contributed by atoms with E-state index in [1.165, 1.54) is 4.90 Å². The molecule has 0 saturated carbocycles. The van der Waals surface area contributed by atoms with Crippen LogP contribution in [0.3, 0.4) is 0 Å². The quantitative estimate of drug-likeness (QED) is 0.826. The van der Waals surface area contributed by atoms with Crippen LogP contribution in [0.5, 0.6) is 0 Å². The summed E-state index contributed by atoms with van der Waals surface area (Å²) in [6.45, 7) is 1.40. The van der Waals surface area contributed by atoms with Gasteiger partial charge in [0.05, 0.1) is 6.20 Å². The highest BCUT2D eigenvalue weighted by atomic mass is 19.1. The number of carbonyl (C=O) groups is 2. The van der Waals surface area contributed by atoms with E-state index in [0.717, 1.165) is 31.0 Å². The highest BCUT2D eigenvalue weighted by molar-refractivity contribution is 5.92. The van der Waals surface area contributed by atoms with Crippen molar-refractivity contribution in [1.29, 1.82) is 0 Å². The molecule has 0 spiro atoms. The van der Waals surface area contributed by atoms with Crippen molar-refractivity contribution in [1.82, 2.24) is 20.2 Å². The van der Waals surface area contributed by atoms with Crippen LogP contribution in [0.25, 0.3) is 0 Å². The Labute approximate surface area is 162 Å². The maximum absolute atomic E-state index is 13.7. The van der Waals surface area contributed by atoms with Gasteiger partial charge in [-0.2, -0.15) is 0 Å². The third-order valence-corrected chi connectivity index (χ3v) is 4.90. The Morgan fingerprint density at radius 3 is 2.68 bits per heavy atom. The van der Waals surface area contributed by atoms with E-state index in [-0.39, 0.29) is 11.6 Å². The molecule has 1 saturated heterocycles. The molecule has 0 bridgehead atoms. The number of rotatable bonds is 6. The second kappa shape index (κ2) is 9.34. The number of carbonyl (C=O) groups excluding carboxylic acids is 2. The molecule has 1 N–H and O–H groups in total. The first-order chi connectivity index (χ1) is 13.5. The lowest BCUT2D eigenvalue weighted by Gasteiger charge is -2.31. The summed E-state index contributed by atoms with van der Waals surface area (Å²) in [7, 11) is 0. The highest BCUT2D eigenvalue weighted by Crippen LogP contribution is 2.23. The number of halogens is 2. The molecule has 0 aromatic carbocycles. The summed E-state index contributed by atoms with van der Waals surface area (Å²) in [6.07, 6.45) is 6.88. The van der Waals surface area contributed by atoms with Crippen molar-refractivity contribution in [2.24, 2.45) is 5.92 Å². The van der Waals surface area contributed by atoms with E-state index in [2.05, 4.69) is 15.3 Å². The van der Waals surface area contributed by atoms with Gasteiger partial charge in [-0.1, -0.05) is 6.07 Å². The third kappa shape index (κ3) is 5.31. The largest absolute Gasteiger partial charge is 0.352 e. The average molecular weight is 388 g/mol. The van der Waals surface area contributed by atoms with E-state index in [1.807, 2.05) is 12.1 Å². The molecule has 0 atom stereocenters. The van der Waals surface area contributed by atoms with Crippen LogP contribution in [-0.2, 0) is 11.3 Å². The molecule has 3 heterocycles. The van der Waals surface area contributed by atoms with Crippen molar-refractivity contribution in [2.45, 2.75) is 32.2 Å². The van der Waals surface area contributed by atoms with E-state index in [4.69, 9.17) is 0 Å². The van der Waals surface area contributed by atoms with Gasteiger partial charge in [0, 0.05) is 44.5 Å². The number of nitrogens with zero attached hydrogens (tertiary/aromatic N) is 3. The van der Waals surface area contributed by atoms with Gasteiger partial charge >= 0.3 is 0 Å². The lowest BCUT2D eigenvalue weighted by molar-refractivity contribution is -0.121. The predicted molar refractivity (Wildman–Crippen MR) is 98.1 cm³/mol. The Balaban J connectivity index is 1.40. The minimum atomic E-state index is -0.947. The molecule has 8 heteroatoms. The van der Waals surface area contributed by atoms with Gasteiger partial charge in [0.15, 0.2) is 11.5 Å². The number of pyridine rings is 2. The maximum Gasteiger partial charge on any atom is 0.275 e. The zero-order valence-corrected chi connectivity index (χ0v) is 15.4. The topological polar surface area (TPSA) is 75.2 Å². The van der Waals surface area contributed by atoms with Crippen LogP contribution < -0.4 is 5.32 Å². The number of likely N-dealkylation sites (tertiary alicyclic amines) is 1. The van der Waals surface area contributed by atoms with E-state index in [0.29, 0.717) is 38.0 Å². The van der Waals surface area contributed by atoms with E-state index in [1.54, 1.807) is 12.4 Å². The lowest BCUT2D eigenvalue weighted by Crippen LogP contribution is -2.39. The summed E-state index contributed by atoms with van der Waals surface area (Å²) in [6, 6.07) is 4.39. The Morgan fingerprint density at radius 1 is 1.21 bits per heavy atom. The van der Waals surface area contributed by atoms with Crippen LogP contribution in [0.2, 0.25) is 0 Å². The van der Waals surface area contributed by atoms with E-state index in [9.17, 15) is 18.4 Å². The van der Waals surface area contributed by atoms with E-state index < -0.39 is 17.5 Å². The molecule has 1 aliphatic heterocycles. The summed E-state index contributed by atoms with van der Waals surface area (Å²) in [4.78, 5) is 33.5. The molecule has 6 nitrogen and oxygen atoms in total. The van der Waals surface area contributed by atoms with Gasteiger partial charge < -0.3 is 10.2 Å². The van der Waals surface area contributed by atoms with Crippen LogP contribution in [0, 0.1) is 17.6 Å². The lowest BCUT2D eigenvalue weighted by atomic mass is 9.92. The Hall–Kier alpha value is -2.90. The Bertz CT molecular complexity index is 824. The van der Waals surface area contributed by atoms with Crippen molar-refractivity contribution in [3.8, 4) is 0 Å². The predicted octanol–water partition coefficient (Wildman–Crippen LogP) is 2.70. The second-order valence-corrected chi connectivity index (χ2v) is 6.90. The molecule has 3 rings (SSSR count). The van der Waals surface area contributed by atoms with Gasteiger partial charge in [-0.05, 0) is 36.8 Å². The van der Waals surface area contributed by atoms with Crippen molar-refractivity contribution in [3.63, 3.8) is 0 Å². The number of piperidine rings is 1. The number of hydrogen-bond acceptors (Lipinski definition) is 4. The Kier molecular flexibility index (Phi) is 6.62. The summed E-state index contributed by atoms with van der Waals surface area (Å²) >= 11 is 0. The maximum atomic E-state index is 13.7. The monoisotopic (exact) mass is 388 g/mol. The third-order valence-electron chi connectivity index (χ3n) is 4.90. The van der Waals surface area contributed by atoms with Crippen LogP contribution in [0.1, 0.15) is 41.7 Å². The van der Waals surface area contributed by atoms with Crippen LogP contribution in [0.4, 0.5) is 8.78 Å². The fourth-order valence-electron chi connectivity index (χ4n) is 3.27. The zero-order chi connectivity index (χ0) is 19.9. The van der Waals surface area contributed by atoms with Crippen LogP contribution in [-0.4, -0.2) is 39.8 Å². The molecule has 28 heavy (non-hydrogen) atoms. The first-order valence-electron chi connectivity index (χ1n) is 9.29. The van der Waals surface area contributed by atoms with Gasteiger partial charge in [-0.3, -0.25) is 14.6 Å². The molecule has 0 radical (unpaired) electrons. The fourth-order valence-corrected chi connectivity index (χ4v) is 3.27. The second-order valence-electron chi connectivity index (χ2n) is 6.90. The normalized spacial score (nSPS) is 14.7. The highest BCUT2D eigenvalue weighted by Gasteiger charge is 2.26. The zero-order valence-electron chi connectivity index (χ0n) is 15.4. The standard InChI is InChI=1S/C20H22F2N4O2/c21-16-10-17(22)19(25-13-16)20(28)26-8-5-14(6-9-26)3-4-18(27)24-12-15-2-1-7-23-11-15/h1-2,7,10-11,13-14H,3-6,8-9,12H2,(H,24,27). The van der Waals surface area contributed by atoms with Gasteiger partial charge in [0.1, 0.15) is 5.82 Å². The molecule has 0 unspecified atom stereocenters. The van der Waals surface area contributed by atoms with Gasteiger partial charge in [0.2, 0.25) is 5.91 Å².